The molecule has 0 saturated carbocycles. The lowest BCUT2D eigenvalue weighted by Crippen LogP contribution is -2.39. The van der Waals surface area contributed by atoms with Crippen LogP contribution < -0.4 is 0 Å². The van der Waals surface area contributed by atoms with Crippen LogP contribution in [0.3, 0.4) is 0 Å². The summed E-state index contributed by atoms with van der Waals surface area (Å²) in [5.74, 6) is 0.836. The van der Waals surface area contributed by atoms with E-state index in [1.165, 1.54) is 12.8 Å². The first-order valence-electron chi connectivity index (χ1n) is 6.64. The van der Waals surface area contributed by atoms with Crippen LogP contribution in [0.25, 0.3) is 0 Å². The van der Waals surface area contributed by atoms with Gasteiger partial charge in [0.2, 0.25) is 0 Å². The second-order valence-corrected chi connectivity index (χ2v) is 6.28. The Bertz CT molecular complexity index is 366. The van der Waals surface area contributed by atoms with Crippen LogP contribution in [-0.4, -0.2) is 45.5 Å². The number of β-amino-alcohol motifs (C(OH)–C–C–N with tert-alkyl or cyclic N) is 1. The monoisotopic (exact) mass is 315 g/mol. The van der Waals surface area contributed by atoms with E-state index in [0.717, 1.165) is 35.7 Å². The van der Waals surface area contributed by atoms with E-state index in [2.05, 4.69) is 32.9 Å². The molecule has 0 spiro atoms. The van der Waals surface area contributed by atoms with E-state index in [0.29, 0.717) is 6.54 Å². The predicted octanol–water partition coefficient (Wildman–Crippen LogP) is 2.05. The van der Waals surface area contributed by atoms with E-state index in [1.807, 2.05) is 17.8 Å². The van der Waals surface area contributed by atoms with Gasteiger partial charge in [0, 0.05) is 12.7 Å². The lowest BCUT2D eigenvalue weighted by atomic mass is 9.99. The topological polar surface area (TPSA) is 41.3 Å². The quantitative estimate of drug-likeness (QED) is 0.924. The molecule has 0 aliphatic carbocycles. The number of aryl methyl sites for hydroxylation is 1. The molecule has 1 aliphatic heterocycles. The number of piperidine rings is 1. The number of aliphatic hydroxyl groups is 1. The van der Waals surface area contributed by atoms with Gasteiger partial charge in [0.25, 0.3) is 0 Å². The molecule has 18 heavy (non-hydrogen) atoms. The summed E-state index contributed by atoms with van der Waals surface area (Å²) >= 11 is 3.44. The van der Waals surface area contributed by atoms with Crippen molar-refractivity contribution in [3.05, 3.63) is 16.4 Å². The second-order valence-electron chi connectivity index (χ2n) is 5.42. The van der Waals surface area contributed by atoms with Crippen LogP contribution in [0.1, 0.15) is 25.5 Å². The first-order valence-corrected chi connectivity index (χ1v) is 7.44. The third-order valence-electron chi connectivity index (χ3n) is 3.63. The van der Waals surface area contributed by atoms with E-state index >= 15 is 0 Å². The summed E-state index contributed by atoms with van der Waals surface area (Å²) < 4.78 is 2.82. The summed E-state index contributed by atoms with van der Waals surface area (Å²) in [5, 5.41) is 14.4. The number of halogens is 1. The van der Waals surface area contributed by atoms with Crippen LogP contribution in [0.2, 0.25) is 0 Å². The molecule has 0 bridgehead atoms. The van der Waals surface area contributed by atoms with Crippen molar-refractivity contribution in [3.8, 4) is 0 Å². The third kappa shape index (κ3) is 3.80. The Morgan fingerprint density at radius 2 is 2.11 bits per heavy atom. The molecule has 0 amide bonds. The molecule has 4 nitrogen and oxygen atoms in total. The molecule has 1 unspecified atom stereocenters. The Balaban J connectivity index is 1.79. The van der Waals surface area contributed by atoms with Crippen molar-refractivity contribution in [1.82, 2.24) is 14.7 Å². The first kappa shape index (κ1) is 14.0. The van der Waals surface area contributed by atoms with Crippen molar-refractivity contribution >= 4 is 15.9 Å². The number of aliphatic hydroxyl groups excluding tert-OH is 1. The van der Waals surface area contributed by atoms with Crippen LogP contribution in [0.5, 0.6) is 0 Å². The molecule has 1 fully saturated rings. The van der Waals surface area contributed by atoms with Crippen molar-refractivity contribution in [1.29, 1.82) is 0 Å². The lowest BCUT2D eigenvalue weighted by molar-refractivity contribution is 0.0777. The van der Waals surface area contributed by atoms with E-state index in [-0.39, 0.29) is 6.10 Å². The van der Waals surface area contributed by atoms with Gasteiger partial charge in [-0.1, -0.05) is 6.92 Å². The first-order chi connectivity index (χ1) is 8.54. The van der Waals surface area contributed by atoms with Gasteiger partial charge in [-0.2, -0.15) is 5.10 Å². The molecule has 2 heterocycles. The smallest absolute Gasteiger partial charge is 0.0862 e. The highest BCUT2D eigenvalue weighted by Crippen LogP contribution is 2.17. The molecule has 1 aromatic heterocycles. The minimum absolute atomic E-state index is 0.343. The van der Waals surface area contributed by atoms with Gasteiger partial charge in [-0.05, 0) is 54.7 Å². The fourth-order valence-electron chi connectivity index (χ4n) is 2.40. The fraction of sp³-hybridized carbons (Fsp3) is 0.769. The molecule has 1 aromatic rings. The Morgan fingerprint density at radius 3 is 2.67 bits per heavy atom. The predicted molar refractivity (Wildman–Crippen MR) is 75.5 cm³/mol. The molecule has 1 N–H and O–H groups in total. The normalized spacial score (nSPS) is 20.2. The zero-order valence-electron chi connectivity index (χ0n) is 11.1. The zero-order valence-corrected chi connectivity index (χ0v) is 12.7. The van der Waals surface area contributed by atoms with Gasteiger partial charge in [-0.15, -0.1) is 0 Å². The van der Waals surface area contributed by atoms with Crippen LogP contribution >= 0.6 is 15.9 Å². The van der Waals surface area contributed by atoms with E-state index in [4.69, 9.17) is 0 Å². The number of hydrogen-bond acceptors (Lipinski definition) is 3. The minimum Gasteiger partial charge on any atom is -0.390 e. The lowest BCUT2D eigenvalue weighted by Gasteiger charge is -2.31. The molecule has 2 rings (SSSR count). The Kier molecular flexibility index (Phi) is 4.81. The van der Waals surface area contributed by atoms with Crippen molar-refractivity contribution in [2.45, 2.75) is 39.3 Å². The number of likely N-dealkylation sites (tertiary alicyclic amines) is 1. The highest BCUT2D eigenvalue weighted by atomic mass is 79.9. The van der Waals surface area contributed by atoms with Crippen LogP contribution in [0.15, 0.2) is 10.7 Å². The van der Waals surface area contributed by atoms with E-state index in [1.54, 1.807) is 0 Å². The van der Waals surface area contributed by atoms with Crippen molar-refractivity contribution in [3.63, 3.8) is 0 Å². The summed E-state index contributed by atoms with van der Waals surface area (Å²) in [4.78, 5) is 2.36. The molecule has 102 valence electrons. The van der Waals surface area contributed by atoms with Gasteiger partial charge in [0.1, 0.15) is 0 Å². The van der Waals surface area contributed by atoms with E-state index in [9.17, 15) is 5.11 Å². The van der Waals surface area contributed by atoms with Gasteiger partial charge in [0.15, 0.2) is 0 Å². The number of aromatic nitrogens is 2. The van der Waals surface area contributed by atoms with Gasteiger partial charge in [-0.3, -0.25) is 4.68 Å². The van der Waals surface area contributed by atoms with Crippen LogP contribution in [0, 0.1) is 12.8 Å². The number of rotatable bonds is 4. The molecule has 1 saturated heterocycles. The highest BCUT2D eigenvalue weighted by molar-refractivity contribution is 9.10. The second kappa shape index (κ2) is 6.17. The average molecular weight is 316 g/mol. The fourth-order valence-corrected chi connectivity index (χ4v) is 2.72. The van der Waals surface area contributed by atoms with Gasteiger partial charge in [-0.25, -0.2) is 0 Å². The standard InChI is InChI=1S/C13H22BrN3O/c1-10-3-5-16(6-4-10)7-12(18)8-17-9-13(14)11(2)15-17/h9-10,12,18H,3-8H2,1-2H3. The summed E-state index contributed by atoms with van der Waals surface area (Å²) in [6.45, 7) is 7.80. The summed E-state index contributed by atoms with van der Waals surface area (Å²) in [6, 6.07) is 0. The number of nitrogens with zero attached hydrogens (tertiary/aromatic N) is 3. The maximum absolute atomic E-state index is 10.1. The Hall–Kier alpha value is -0.390. The van der Waals surface area contributed by atoms with Crippen molar-refractivity contribution in [2.24, 2.45) is 5.92 Å². The van der Waals surface area contributed by atoms with Crippen LogP contribution in [0.4, 0.5) is 0 Å². The van der Waals surface area contributed by atoms with E-state index < -0.39 is 0 Å². The molecule has 0 aromatic carbocycles. The summed E-state index contributed by atoms with van der Waals surface area (Å²) in [6.07, 6.45) is 4.08. The number of hydrogen-bond donors (Lipinski definition) is 1. The maximum atomic E-state index is 10.1. The van der Waals surface area contributed by atoms with Crippen LogP contribution in [-0.2, 0) is 6.54 Å². The molecule has 5 heteroatoms. The molecule has 1 atom stereocenters. The van der Waals surface area contributed by atoms with Crippen molar-refractivity contribution in [2.75, 3.05) is 19.6 Å². The van der Waals surface area contributed by atoms with Gasteiger partial charge in [0.05, 0.1) is 22.8 Å². The molecule has 1 aliphatic rings. The van der Waals surface area contributed by atoms with Gasteiger partial charge >= 0.3 is 0 Å². The van der Waals surface area contributed by atoms with Gasteiger partial charge < -0.3 is 10.0 Å². The Labute approximate surface area is 117 Å². The molecule has 0 radical (unpaired) electrons. The zero-order chi connectivity index (χ0) is 13.1. The summed E-state index contributed by atoms with van der Waals surface area (Å²) in [7, 11) is 0. The maximum Gasteiger partial charge on any atom is 0.0862 e. The summed E-state index contributed by atoms with van der Waals surface area (Å²) in [5.41, 5.74) is 0.967. The largest absolute Gasteiger partial charge is 0.390 e. The highest BCUT2D eigenvalue weighted by Gasteiger charge is 2.18. The third-order valence-corrected chi connectivity index (χ3v) is 4.41. The molecular weight excluding hydrogens is 294 g/mol. The van der Waals surface area contributed by atoms with Crippen molar-refractivity contribution < 1.29 is 5.11 Å². The minimum atomic E-state index is -0.343. The SMILES string of the molecule is Cc1nn(CC(O)CN2CCC(C)CC2)cc1Br. The molecular formula is C13H22BrN3O. The Morgan fingerprint density at radius 1 is 1.44 bits per heavy atom. The average Bonchev–Trinajstić information content (AvgIpc) is 2.61.